The molecular formula is C9H18N2Na3O17P3. The van der Waals surface area contributed by atoms with Gasteiger partial charge in [0.05, 0.1) is 6.61 Å². The molecule has 0 aromatic carbocycles. The van der Waals surface area contributed by atoms with Gasteiger partial charge < -0.3 is 50.0 Å². The topological polar surface area (TPSA) is 330 Å². The molecule has 0 bridgehead atoms. The van der Waals surface area contributed by atoms with Gasteiger partial charge in [-0.2, -0.15) is 0 Å². The maximum absolute atomic E-state index is 11.8. The van der Waals surface area contributed by atoms with Crippen molar-refractivity contribution in [3.05, 3.63) is 0 Å². The fourth-order valence-corrected chi connectivity index (χ4v) is 5.29. The van der Waals surface area contributed by atoms with Crippen LogP contribution in [0.1, 0.15) is 6.42 Å². The maximum Gasteiger partial charge on any atom is 1.00 e. The Morgan fingerprint density at radius 2 is 1.53 bits per heavy atom. The van der Waals surface area contributed by atoms with Crippen molar-refractivity contribution >= 4 is 35.4 Å². The molecule has 3 unspecified atom stereocenters. The van der Waals surface area contributed by atoms with Crippen molar-refractivity contribution in [3.8, 4) is 0 Å². The van der Waals surface area contributed by atoms with E-state index in [1.54, 1.807) is 0 Å². The third-order valence-corrected chi connectivity index (χ3v) is 7.22. The van der Waals surface area contributed by atoms with Crippen LogP contribution in [-0.2, 0) is 36.4 Å². The van der Waals surface area contributed by atoms with Gasteiger partial charge in [-0.3, -0.25) is 28.7 Å². The Hall–Kier alpha value is 2.15. The molecule has 0 saturated carbocycles. The van der Waals surface area contributed by atoms with Crippen molar-refractivity contribution in [2.45, 2.75) is 31.0 Å². The van der Waals surface area contributed by atoms with Crippen molar-refractivity contribution in [1.82, 2.24) is 10.2 Å². The Kier molecular flexibility index (Phi) is 21.6. The first-order valence-corrected chi connectivity index (χ1v) is 11.9. The third-order valence-electron chi connectivity index (χ3n) is 3.53. The van der Waals surface area contributed by atoms with Crippen molar-refractivity contribution in [2.24, 2.45) is 0 Å². The van der Waals surface area contributed by atoms with Crippen LogP contribution in [0.2, 0.25) is 0 Å². The molecule has 34 heavy (non-hydrogen) atoms. The number of hydrogen-bond acceptors (Lipinski definition) is 14. The molecule has 0 aliphatic carbocycles. The van der Waals surface area contributed by atoms with E-state index in [4.69, 9.17) is 9.63 Å². The fraction of sp³-hybridized carbons (Fsp3) is 0.778. The fourth-order valence-electron chi connectivity index (χ4n) is 2.40. The quantitative estimate of drug-likeness (QED) is 0.151. The van der Waals surface area contributed by atoms with Crippen LogP contribution < -0.4 is 109 Å². The van der Waals surface area contributed by atoms with Gasteiger partial charge in [-0.25, -0.2) is 13.4 Å². The minimum Gasteiger partial charge on any atom is -0.756 e. The SMILES string of the molecule is O.O.O=C1CCN([C@H]2O[C@H](COP(=O)([O-])OP(=O)([O-])OP(=O)([O-])O)[C@H](O)[C@@H]2O)C(=O)N1.[Na+].[Na+].[Na+]. The average molecular weight is 588 g/mol. The van der Waals surface area contributed by atoms with E-state index >= 15 is 0 Å². The van der Waals surface area contributed by atoms with Gasteiger partial charge in [0.15, 0.2) is 6.23 Å². The molecule has 0 spiro atoms. The summed E-state index contributed by atoms with van der Waals surface area (Å²) in [6.07, 6.45) is -6.79. The molecule has 2 saturated heterocycles. The molecule has 184 valence electrons. The van der Waals surface area contributed by atoms with Crippen LogP contribution >= 0.6 is 23.5 Å². The van der Waals surface area contributed by atoms with E-state index in [0.29, 0.717) is 0 Å². The summed E-state index contributed by atoms with van der Waals surface area (Å²) >= 11 is 0. The van der Waals surface area contributed by atoms with E-state index < -0.39 is 66.6 Å². The van der Waals surface area contributed by atoms with Crippen LogP contribution in [0.25, 0.3) is 0 Å². The molecule has 2 heterocycles. The largest absolute Gasteiger partial charge is 1.00 e. The Bertz CT molecular complexity index is 814. The van der Waals surface area contributed by atoms with Crippen LogP contribution in [0.3, 0.4) is 0 Å². The summed E-state index contributed by atoms with van der Waals surface area (Å²) in [6.45, 7) is -1.30. The third kappa shape index (κ3) is 13.3. The van der Waals surface area contributed by atoms with E-state index in [0.717, 1.165) is 4.90 Å². The predicted octanol–water partition coefficient (Wildman–Crippen LogP) is -14.8. The van der Waals surface area contributed by atoms with Crippen LogP contribution in [0, 0.1) is 0 Å². The second kappa shape index (κ2) is 17.0. The molecule has 25 heteroatoms. The monoisotopic (exact) mass is 588 g/mol. The summed E-state index contributed by atoms with van der Waals surface area (Å²) in [5.74, 6) is -0.585. The second-order valence-corrected chi connectivity index (χ2v) is 9.96. The molecule has 3 amide bonds. The summed E-state index contributed by atoms with van der Waals surface area (Å²) in [4.78, 5) is 65.0. The smallest absolute Gasteiger partial charge is 0.756 e. The van der Waals surface area contributed by atoms with Gasteiger partial charge in [0.1, 0.15) is 18.3 Å². The normalized spacial score (nSPS) is 29.2. The molecular weight excluding hydrogens is 570 g/mol. The number of phosphoric ester groups is 1. The molecule has 0 radical (unpaired) electrons. The van der Waals surface area contributed by atoms with Crippen LogP contribution in [-0.4, -0.2) is 80.6 Å². The second-order valence-electron chi connectivity index (χ2n) is 5.67. The van der Waals surface area contributed by atoms with Gasteiger partial charge in [-0.15, -0.1) is 0 Å². The first kappa shape index (κ1) is 43.2. The standard InChI is InChI=1S/C9H17N2O15P3.3Na.2H2O/c12-5-1-2-11(9(15)10-5)8-7(14)6(13)4(24-8)3-23-28(19,20)26-29(21,22)25-27(16,17)18;;;;;/h4,6-8,13-14H,1-3H2,(H,19,20)(H,21,22)(H,10,12,15)(H2,16,17,18);;;;2*1H2/q;3*+1;;/p-3/t4-,6+,7+,8+;;;;;/m1...../s1. The Labute approximate surface area is 257 Å². The molecule has 2 aliphatic heterocycles. The van der Waals surface area contributed by atoms with Crippen LogP contribution in [0.5, 0.6) is 0 Å². The number of rotatable bonds is 8. The van der Waals surface area contributed by atoms with E-state index in [1.165, 1.54) is 0 Å². The zero-order valence-electron chi connectivity index (χ0n) is 18.0. The molecule has 0 aromatic heterocycles. The maximum atomic E-state index is 11.8. The van der Waals surface area contributed by atoms with Crippen LogP contribution in [0.15, 0.2) is 0 Å². The number of hydrogen-bond donors (Lipinski definition) is 4. The number of aliphatic hydroxyl groups is 2. The molecule has 7 atom stereocenters. The van der Waals surface area contributed by atoms with Gasteiger partial charge in [0.25, 0.3) is 23.5 Å². The van der Waals surface area contributed by atoms with Gasteiger partial charge in [-0.1, -0.05) is 0 Å². The summed E-state index contributed by atoms with van der Waals surface area (Å²) in [5.41, 5.74) is 0. The minimum atomic E-state index is -6.09. The molecule has 2 aliphatic rings. The number of nitrogens with one attached hydrogen (secondary N) is 1. The minimum absolute atomic E-state index is 0. The number of carbonyl (C=O) groups is 2. The molecule has 2 rings (SSSR count). The molecule has 8 N–H and O–H groups in total. The van der Waals surface area contributed by atoms with Crippen molar-refractivity contribution < 1.29 is 171 Å². The first-order valence-electron chi connectivity index (χ1n) is 7.45. The zero-order valence-corrected chi connectivity index (χ0v) is 26.6. The Morgan fingerprint density at radius 1 is 1.00 bits per heavy atom. The van der Waals surface area contributed by atoms with E-state index in [9.17, 15) is 48.2 Å². The van der Waals surface area contributed by atoms with Crippen molar-refractivity contribution in [3.63, 3.8) is 0 Å². The van der Waals surface area contributed by atoms with Gasteiger partial charge >= 0.3 is 94.7 Å². The van der Waals surface area contributed by atoms with Crippen molar-refractivity contribution in [1.29, 1.82) is 0 Å². The van der Waals surface area contributed by atoms with Crippen molar-refractivity contribution in [2.75, 3.05) is 13.2 Å². The van der Waals surface area contributed by atoms with E-state index in [-0.39, 0.29) is 113 Å². The molecule has 2 fully saturated rings. The molecule has 19 nitrogen and oxygen atoms in total. The summed E-state index contributed by atoms with van der Waals surface area (Å²) in [7, 11) is -17.8. The Morgan fingerprint density at radius 3 is 2.00 bits per heavy atom. The van der Waals surface area contributed by atoms with Gasteiger partial charge in [0, 0.05) is 13.0 Å². The summed E-state index contributed by atoms with van der Waals surface area (Å²) < 4.78 is 48.7. The van der Waals surface area contributed by atoms with E-state index in [1.807, 2.05) is 5.32 Å². The molecule has 0 aromatic rings. The van der Waals surface area contributed by atoms with Gasteiger partial charge in [0.2, 0.25) is 5.91 Å². The van der Waals surface area contributed by atoms with E-state index in [2.05, 4.69) is 13.1 Å². The number of nitrogens with zero attached hydrogens (tertiary/aromatic N) is 1. The Balaban J connectivity index is -0.000000900. The number of aliphatic hydroxyl groups excluding tert-OH is 2. The summed E-state index contributed by atoms with van der Waals surface area (Å²) in [5, 5.41) is 21.8. The number of imide groups is 1. The average Bonchev–Trinajstić information content (AvgIpc) is 2.78. The number of carbonyl (C=O) groups excluding carboxylic acids is 2. The van der Waals surface area contributed by atoms with Crippen LogP contribution in [0.4, 0.5) is 4.79 Å². The number of phosphoric acid groups is 3. The summed E-state index contributed by atoms with van der Waals surface area (Å²) in [6, 6.07) is -0.938. The number of amides is 3. The zero-order chi connectivity index (χ0) is 22.2. The first-order chi connectivity index (χ1) is 13.1. The number of urea groups is 1. The van der Waals surface area contributed by atoms with Gasteiger partial charge in [-0.05, 0) is 0 Å². The number of ether oxygens (including phenoxy) is 1. The predicted molar refractivity (Wildman–Crippen MR) is 85.9 cm³/mol.